The lowest BCUT2D eigenvalue weighted by atomic mass is 9.86. The first-order valence-corrected chi connectivity index (χ1v) is 11.1. The number of hydrogen-bond acceptors (Lipinski definition) is 6. The van der Waals surface area contributed by atoms with Crippen molar-refractivity contribution >= 4 is 22.3 Å². The van der Waals surface area contributed by atoms with Crippen molar-refractivity contribution in [2.75, 3.05) is 37.4 Å². The van der Waals surface area contributed by atoms with Gasteiger partial charge in [0, 0.05) is 19.1 Å². The van der Waals surface area contributed by atoms with Crippen LogP contribution in [0.5, 0.6) is 5.75 Å². The van der Waals surface area contributed by atoms with Crippen molar-refractivity contribution < 1.29 is 35.5 Å². The number of aromatic amines is 1. The van der Waals surface area contributed by atoms with E-state index in [4.69, 9.17) is 16.2 Å². The van der Waals surface area contributed by atoms with E-state index in [9.17, 15) is 35.9 Å². The van der Waals surface area contributed by atoms with Crippen LogP contribution in [0.25, 0.3) is 10.9 Å². The molecule has 0 bridgehead atoms. The molecule has 1 aromatic carbocycles. The number of aromatic nitrogens is 2. The Morgan fingerprint density at radius 2 is 1.67 bits per heavy atom. The van der Waals surface area contributed by atoms with Gasteiger partial charge in [0.25, 0.3) is 5.56 Å². The monoisotopic (exact) mass is 527 g/mol. The van der Waals surface area contributed by atoms with E-state index in [0.717, 1.165) is 7.11 Å². The highest BCUT2D eigenvalue weighted by Gasteiger charge is 2.58. The average Bonchev–Trinajstić information content (AvgIpc) is 3.51. The maximum atomic E-state index is 15.6. The number of H-pyrrole nitrogens is 1. The number of methoxy groups -OCH3 is 1. The quantitative estimate of drug-likeness (QED) is 0.393. The molecule has 1 aliphatic heterocycles. The summed E-state index contributed by atoms with van der Waals surface area (Å²) >= 11 is 0. The topological polar surface area (TPSA) is 119 Å². The van der Waals surface area contributed by atoms with Crippen LogP contribution < -0.4 is 32.4 Å². The molecule has 2 heterocycles. The van der Waals surface area contributed by atoms with Crippen molar-refractivity contribution in [1.82, 2.24) is 9.55 Å². The number of anilines is 2. The summed E-state index contributed by atoms with van der Waals surface area (Å²) in [6, 6.07) is -0.314. The van der Waals surface area contributed by atoms with Crippen LogP contribution in [0.4, 0.5) is 42.1 Å². The number of benzene rings is 1. The molecule has 5 N–H and O–H groups in total. The first kappa shape index (κ1) is 26.1. The number of halogens is 7. The Labute approximate surface area is 199 Å². The van der Waals surface area contributed by atoms with Gasteiger partial charge in [-0.3, -0.25) is 14.3 Å². The van der Waals surface area contributed by atoms with Crippen LogP contribution in [-0.4, -0.2) is 48.6 Å². The summed E-state index contributed by atoms with van der Waals surface area (Å²) in [6.45, 7) is -0.832. The summed E-state index contributed by atoms with van der Waals surface area (Å²) in [4.78, 5) is 28.4. The Kier molecular flexibility index (Phi) is 6.42. The van der Waals surface area contributed by atoms with E-state index in [1.165, 1.54) is 9.47 Å². The molecule has 1 saturated heterocycles. The summed E-state index contributed by atoms with van der Waals surface area (Å²) < 4.78 is 101. The van der Waals surface area contributed by atoms with Crippen LogP contribution in [-0.2, 0) is 0 Å². The van der Waals surface area contributed by atoms with E-state index >= 15 is 4.39 Å². The number of nitrogens with two attached hydrogens (primary N) is 2. The summed E-state index contributed by atoms with van der Waals surface area (Å²) in [5, 5.41) is -0.333. The molecule has 2 aromatic rings. The third kappa shape index (κ3) is 4.37. The molecule has 36 heavy (non-hydrogen) atoms. The Morgan fingerprint density at radius 3 is 2.17 bits per heavy atom. The van der Waals surface area contributed by atoms with Crippen LogP contribution in [0, 0.1) is 23.6 Å². The fourth-order valence-corrected chi connectivity index (χ4v) is 5.04. The van der Waals surface area contributed by atoms with Gasteiger partial charge in [0.2, 0.25) is 0 Å². The van der Waals surface area contributed by atoms with Crippen molar-refractivity contribution in [2.24, 2.45) is 23.5 Å². The van der Waals surface area contributed by atoms with Crippen LogP contribution in [0.2, 0.25) is 0 Å². The van der Waals surface area contributed by atoms with Crippen LogP contribution in [0.3, 0.4) is 0 Å². The molecule has 2 aliphatic rings. The standard InChI is InChI=1S/C21H24F7N5O3/c1-36-17-15-12(18(34)31-19(35)33(15)10-2-3-10)14(30)13(22)16(17)32-6-8(9(5-29)7-32)4-11(20(23,24)25)21(26,27)28/h8-11H,2-7,29-30H2,1H3,(H,31,34,35). The lowest BCUT2D eigenvalue weighted by Crippen LogP contribution is -2.39. The minimum atomic E-state index is -5.53. The SMILES string of the molecule is COc1c(N2CC(CN)C(CC(C(F)(F)F)C(F)(F)F)C2)c(F)c(N)c2c(=O)[nH]c(=O)n(C3CC3)c12. The molecule has 4 rings (SSSR count). The number of nitrogens with zero attached hydrogens (tertiary/aromatic N) is 2. The predicted octanol–water partition coefficient (Wildman–Crippen LogP) is 2.90. The number of nitrogen functional groups attached to an aromatic ring is 1. The summed E-state index contributed by atoms with van der Waals surface area (Å²) in [6.07, 6.45) is -11.2. The molecule has 0 radical (unpaired) electrons. The van der Waals surface area contributed by atoms with Crippen LogP contribution >= 0.6 is 0 Å². The first-order valence-electron chi connectivity index (χ1n) is 11.1. The highest BCUT2D eigenvalue weighted by molar-refractivity contribution is 5.99. The van der Waals surface area contributed by atoms with Crippen LogP contribution in [0.15, 0.2) is 9.59 Å². The molecular weight excluding hydrogens is 503 g/mol. The molecule has 15 heteroatoms. The smallest absolute Gasteiger partial charge is 0.400 e. The van der Waals surface area contributed by atoms with Crippen molar-refractivity contribution in [1.29, 1.82) is 0 Å². The average molecular weight is 527 g/mol. The van der Waals surface area contributed by atoms with Crippen molar-refractivity contribution in [3.63, 3.8) is 0 Å². The normalized spacial score (nSPS) is 21.1. The Morgan fingerprint density at radius 1 is 1.08 bits per heavy atom. The van der Waals surface area contributed by atoms with Crippen molar-refractivity contribution in [2.45, 2.75) is 37.7 Å². The highest BCUT2D eigenvalue weighted by atomic mass is 19.4. The zero-order chi connectivity index (χ0) is 26.7. The zero-order valence-corrected chi connectivity index (χ0v) is 19.0. The molecule has 0 spiro atoms. The zero-order valence-electron chi connectivity index (χ0n) is 19.0. The lowest BCUT2D eigenvalue weighted by molar-refractivity contribution is -0.288. The molecule has 8 nitrogen and oxygen atoms in total. The van der Waals surface area contributed by atoms with Crippen molar-refractivity contribution in [3.05, 3.63) is 26.7 Å². The van der Waals surface area contributed by atoms with E-state index in [-0.39, 0.29) is 41.5 Å². The van der Waals surface area contributed by atoms with E-state index in [2.05, 4.69) is 4.98 Å². The van der Waals surface area contributed by atoms with E-state index < -0.39 is 65.8 Å². The van der Waals surface area contributed by atoms with Gasteiger partial charge in [-0.25, -0.2) is 9.18 Å². The third-order valence-corrected chi connectivity index (χ3v) is 6.93. The number of fused-ring (bicyclic) bond motifs is 1. The van der Waals surface area contributed by atoms with E-state index in [1.807, 2.05) is 0 Å². The summed E-state index contributed by atoms with van der Waals surface area (Å²) in [5.74, 6) is -6.98. The Balaban J connectivity index is 1.84. The number of rotatable bonds is 6. The summed E-state index contributed by atoms with van der Waals surface area (Å²) in [5.41, 5.74) is 8.82. The minimum Gasteiger partial charge on any atom is -0.492 e. The maximum Gasteiger partial charge on any atom is 0.400 e. The minimum absolute atomic E-state index is 0.0844. The summed E-state index contributed by atoms with van der Waals surface area (Å²) in [7, 11) is 1.15. The van der Waals surface area contributed by atoms with Gasteiger partial charge in [-0.15, -0.1) is 0 Å². The maximum absolute atomic E-state index is 15.6. The molecule has 2 atom stereocenters. The third-order valence-electron chi connectivity index (χ3n) is 6.93. The molecule has 1 aliphatic carbocycles. The van der Waals surface area contributed by atoms with Gasteiger partial charge in [-0.1, -0.05) is 0 Å². The molecule has 1 aromatic heterocycles. The number of alkyl halides is 6. The van der Waals surface area contributed by atoms with Gasteiger partial charge >= 0.3 is 18.0 Å². The van der Waals surface area contributed by atoms with Crippen molar-refractivity contribution in [3.8, 4) is 5.75 Å². The van der Waals surface area contributed by atoms with Gasteiger partial charge in [0.05, 0.1) is 18.2 Å². The Bertz CT molecular complexity index is 1270. The van der Waals surface area contributed by atoms with Gasteiger partial charge in [-0.2, -0.15) is 26.3 Å². The molecule has 2 unspecified atom stereocenters. The highest BCUT2D eigenvalue weighted by Crippen LogP contribution is 2.49. The first-order chi connectivity index (χ1) is 16.7. The van der Waals surface area contributed by atoms with E-state index in [0.29, 0.717) is 12.8 Å². The fraction of sp³-hybridized carbons (Fsp3) is 0.619. The molecule has 200 valence electrons. The molecule has 0 amide bonds. The fourth-order valence-electron chi connectivity index (χ4n) is 5.04. The second kappa shape index (κ2) is 8.85. The van der Waals surface area contributed by atoms with Gasteiger partial charge in [0.1, 0.15) is 11.2 Å². The number of ether oxygens (including phenoxy) is 1. The van der Waals surface area contributed by atoms with Gasteiger partial charge in [-0.05, 0) is 37.6 Å². The number of nitrogens with one attached hydrogen (secondary N) is 1. The molecular formula is C21H24F7N5O3. The second-order valence-corrected chi connectivity index (χ2v) is 9.23. The second-order valence-electron chi connectivity index (χ2n) is 9.23. The number of hydrogen-bond donors (Lipinski definition) is 3. The largest absolute Gasteiger partial charge is 0.492 e. The molecule has 2 fully saturated rings. The Hall–Kier alpha value is -2.97. The van der Waals surface area contributed by atoms with E-state index in [1.54, 1.807) is 0 Å². The van der Waals surface area contributed by atoms with Gasteiger partial charge in [0.15, 0.2) is 17.5 Å². The van der Waals surface area contributed by atoms with Crippen LogP contribution in [0.1, 0.15) is 25.3 Å². The molecule has 1 saturated carbocycles. The predicted molar refractivity (Wildman–Crippen MR) is 116 cm³/mol. The lowest BCUT2D eigenvalue weighted by Gasteiger charge is -2.27. The van der Waals surface area contributed by atoms with Gasteiger partial charge < -0.3 is 21.1 Å².